The van der Waals surface area contributed by atoms with Crippen molar-refractivity contribution in [1.82, 2.24) is 14.8 Å². The Bertz CT molecular complexity index is 1100. The van der Waals surface area contributed by atoms with Gasteiger partial charge in [-0.2, -0.15) is 0 Å². The van der Waals surface area contributed by atoms with Crippen molar-refractivity contribution in [1.29, 1.82) is 0 Å². The molecule has 28 heavy (non-hydrogen) atoms. The molecule has 7 heteroatoms. The number of rotatable bonds is 4. The van der Waals surface area contributed by atoms with Gasteiger partial charge in [0.15, 0.2) is 5.82 Å². The van der Waals surface area contributed by atoms with Crippen LogP contribution in [0.5, 0.6) is 0 Å². The quantitative estimate of drug-likeness (QED) is 0.721. The van der Waals surface area contributed by atoms with E-state index in [4.69, 9.17) is 0 Å². The maximum absolute atomic E-state index is 12.7. The van der Waals surface area contributed by atoms with Gasteiger partial charge in [-0.1, -0.05) is 12.5 Å². The van der Waals surface area contributed by atoms with Gasteiger partial charge >= 0.3 is 0 Å². The van der Waals surface area contributed by atoms with Crippen LogP contribution in [0.1, 0.15) is 36.2 Å². The van der Waals surface area contributed by atoms with Gasteiger partial charge in [0.25, 0.3) is 10.0 Å². The third-order valence-corrected chi connectivity index (χ3v) is 6.67. The lowest BCUT2D eigenvalue weighted by Gasteiger charge is -2.11. The number of hydrogen-bond acceptors (Lipinski definition) is 4. The molecule has 0 spiro atoms. The summed E-state index contributed by atoms with van der Waals surface area (Å²) >= 11 is 0. The molecule has 2 aromatic carbocycles. The molecule has 1 aliphatic rings. The first-order chi connectivity index (χ1) is 13.4. The lowest BCUT2D eigenvalue weighted by molar-refractivity contribution is 0.601. The highest BCUT2D eigenvalue weighted by molar-refractivity contribution is 7.92. The summed E-state index contributed by atoms with van der Waals surface area (Å²) in [5.41, 5.74) is 3.48. The molecule has 0 fully saturated rings. The Labute approximate surface area is 165 Å². The van der Waals surface area contributed by atoms with E-state index in [1.807, 2.05) is 32.0 Å². The van der Waals surface area contributed by atoms with Crippen LogP contribution in [0.25, 0.3) is 11.4 Å². The Morgan fingerprint density at radius 2 is 1.71 bits per heavy atom. The molecule has 0 saturated carbocycles. The van der Waals surface area contributed by atoms with E-state index < -0.39 is 10.0 Å². The minimum Gasteiger partial charge on any atom is -0.311 e. The number of nitrogens with zero attached hydrogens (tertiary/aromatic N) is 3. The van der Waals surface area contributed by atoms with Crippen molar-refractivity contribution in [2.75, 3.05) is 4.72 Å². The Kier molecular flexibility index (Phi) is 4.93. The highest BCUT2D eigenvalue weighted by Gasteiger charge is 2.17. The fraction of sp³-hybridized carbons (Fsp3) is 0.333. The molecule has 1 N–H and O–H groups in total. The third-order valence-electron chi connectivity index (χ3n) is 5.29. The molecule has 1 aromatic heterocycles. The van der Waals surface area contributed by atoms with E-state index in [0.29, 0.717) is 5.69 Å². The zero-order chi connectivity index (χ0) is 19.7. The summed E-state index contributed by atoms with van der Waals surface area (Å²) in [5, 5.41) is 8.69. The van der Waals surface area contributed by atoms with Crippen LogP contribution in [0.4, 0.5) is 5.69 Å². The van der Waals surface area contributed by atoms with E-state index in [9.17, 15) is 8.42 Å². The van der Waals surface area contributed by atoms with E-state index in [-0.39, 0.29) is 4.90 Å². The molecule has 6 nitrogen and oxygen atoms in total. The second-order valence-corrected chi connectivity index (χ2v) is 9.01. The van der Waals surface area contributed by atoms with Gasteiger partial charge in [0.1, 0.15) is 5.82 Å². The zero-order valence-electron chi connectivity index (χ0n) is 16.1. The third kappa shape index (κ3) is 3.67. The summed E-state index contributed by atoms with van der Waals surface area (Å²) in [7, 11) is -3.62. The normalized spacial score (nSPS) is 14.4. The summed E-state index contributed by atoms with van der Waals surface area (Å²) in [5.74, 6) is 1.88. The number of sulfonamides is 1. The number of aromatic nitrogens is 3. The highest BCUT2D eigenvalue weighted by Crippen LogP contribution is 2.25. The monoisotopic (exact) mass is 396 g/mol. The Morgan fingerprint density at radius 1 is 0.929 bits per heavy atom. The van der Waals surface area contributed by atoms with Crippen LogP contribution in [0.3, 0.4) is 0 Å². The molecule has 146 valence electrons. The van der Waals surface area contributed by atoms with Crippen molar-refractivity contribution in [3.8, 4) is 11.4 Å². The van der Waals surface area contributed by atoms with Crippen molar-refractivity contribution in [2.24, 2.45) is 0 Å². The Morgan fingerprint density at radius 3 is 2.46 bits per heavy atom. The summed E-state index contributed by atoms with van der Waals surface area (Å²) in [6.45, 7) is 4.80. The van der Waals surface area contributed by atoms with Gasteiger partial charge in [0.2, 0.25) is 0 Å². The van der Waals surface area contributed by atoms with Crippen LogP contribution in [-0.4, -0.2) is 23.2 Å². The lowest BCUT2D eigenvalue weighted by Crippen LogP contribution is -2.13. The second kappa shape index (κ2) is 7.39. The van der Waals surface area contributed by atoms with Crippen molar-refractivity contribution >= 4 is 15.7 Å². The fourth-order valence-electron chi connectivity index (χ4n) is 3.48. The largest absolute Gasteiger partial charge is 0.311 e. The van der Waals surface area contributed by atoms with Crippen molar-refractivity contribution in [3.05, 3.63) is 59.4 Å². The minimum absolute atomic E-state index is 0.266. The first-order valence-corrected chi connectivity index (χ1v) is 11.0. The predicted octanol–water partition coefficient (Wildman–Crippen LogP) is 4.09. The van der Waals surface area contributed by atoms with Gasteiger partial charge in [-0.05, 0) is 74.2 Å². The SMILES string of the molecule is Cc1ccc(S(=O)(=O)Nc2ccc(-c3nnc4n3CCCCC4)cc2)cc1C. The highest BCUT2D eigenvalue weighted by atomic mass is 32.2. The first-order valence-electron chi connectivity index (χ1n) is 9.57. The minimum atomic E-state index is -3.62. The van der Waals surface area contributed by atoms with Gasteiger partial charge in [0, 0.05) is 24.2 Å². The molecule has 2 heterocycles. The van der Waals surface area contributed by atoms with Crippen molar-refractivity contribution < 1.29 is 8.42 Å². The van der Waals surface area contributed by atoms with E-state index >= 15 is 0 Å². The number of hydrogen-bond donors (Lipinski definition) is 1. The standard InChI is InChI=1S/C21H24N4O2S/c1-15-7-12-19(14-16(15)2)28(26,27)24-18-10-8-17(9-11-18)21-23-22-20-6-4-3-5-13-25(20)21/h7-12,14,24H,3-6,13H2,1-2H3. The molecule has 0 aliphatic carbocycles. The topological polar surface area (TPSA) is 76.9 Å². The summed E-state index contributed by atoms with van der Waals surface area (Å²) < 4.78 is 30.2. The molecule has 0 radical (unpaired) electrons. The number of nitrogens with one attached hydrogen (secondary N) is 1. The maximum atomic E-state index is 12.7. The molecule has 4 rings (SSSR count). The number of fused-ring (bicyclic) bond motifs is 1. The smallest absolute Gasteiger partial charge is 0.261 e. The fourth-order valence-corrected chi connectivity index (χ4v) is 4.62. The Balaban J connectivity index is 1.57. The average Bonchev–Trinajstić information content (AvgIpc) is 2.92. The van der Waals surface area contributed by atoms with E-state index in [1.165, 1.54) is 6.42 Å². The molecule has 3 aromatic rings. The van der Waals surface area contributed by atoms with Gasteiger partial charge in [-0.3, -0.25) is 4.72 Å². The Hall–Kier alpha value is -2.67. The molecule has 0 bridgehead atoms. The first kappa shape index (κ1) is 18.7. The van der Waals surface area contributed by atoms with Gasteiger partial charge < -0.3 is 4.57 Å². The molecule has 1 aliphatic heterocycles. The van der Waals surface area contributed by atoms with Crippen LogP contribution in [0.2, 0.25) is 0 Å². The predicted molar refractivity (Wildman–Crippen MR) is 110 cm³/mol. The molecule has 0 unspecified atom stereocenters. The second-order valence-electron chi connectivity index (χ2n) is 7.33. The van der Waals surface area contributed by atoms with Gasteiger partial charge in [0.05, 0.1) is 4.90 Å². The molecular weight excluding hydrogens is 372 g/mol. The zero-order valence-corrected chi connectivity index (χ0v) is 17.0. The summed E-state index contributed by atoms with van der Waals surface area (Å²) in [6.07, 6.45) is 4.45. The molecule has 0 saturated heterocycles. The molecule has 0 atom stereocenters. The van der Waals surface area contributed by atoms with E-state index in [1.54, 1.807) is 24.3 Å². The van der Waals surface area contributed by atoms with Crippen LogP contribution in [0, 0.1) is 13.8 Å². The van der Waals surface area contributed by atoms with E-state index in [2.05, 4.69) is 19.5 Å². The van der Waals surface area contributed by atoms with Crippen LogP contribution < -0.4 is 4.72 Å². The maximum Gasteiger partial charge on any atom is 0.261 e. The number of aryl methyl sites for hydroxylation is 3. The van der Waals surface area contributed by atoms with Crippen molar-refractivity contribution in [2.45, 2.75) is 51.0 Å². The molecule has 0 amide bonds. The molecular formula is C21H24N4O2S. The van der Waals surface area contributed by atoms with Crippen LogP contribution >= 0.6 is 0 Å². The average molecular weight is 397 g/mol. The summed E-state index contributed by atoms with van der Waals surface area (Å²) in [6, 6.07) is 12.5. The number of benzene rings is 2. The van der Waals surface area contributed by atoms with E-state index in [0.717, 1.165) is 54.1 Å². The lowest BCUT2D eigenvalue weighted by atomic mass is 10.1. The van der Waals surface area contributed by atoms with Gasteiger partial charge in [-0.25, -0.2) is 8.42 Å². The van der Waals surface area contributed by atoms with Gasteiger partial charge in [-0.15, -0.1) is 10.2 Å². The summed E-state index contributed by atoms with van der Waals surface area (Å²) in [4.78, 5) is 0.266. The van der Waals surface area contributed by atoms with Crippen molar-refractivity contribution in [3.63, 3.8) is 0 Å². The van der Waals surface area contributed by atoms with Crippen LogP contribution in [0.15, 0.2) is 47.4 Å². The number of anilines is 1. The van der Waals surface area contributed by atoms with Crippen LogP contribution in [-0.2, 0) is 23.0 Å².